The minimum absolute atomic E-state index is 0.164. The van der Waals surface area contributed by atoms with Crippen molar-refractivity contribution < 1.29 is 9.53 Å². The minimum atomic E-state index is -0.164. The molecule has 1 saturated heterocycles. The third kappa shape index (κ3) is 3.80. The van der Waals surface area contributed by atoms with E-state index < -0.39 is 0 Å². The lowest BCUT2D eigenvalue weighted by Gasteiger charge is -2.37. The molecule has 2 unspecified atom stereocenters. The monoisotopic (exact) mass is 337 g/mol. The molecule has 1 aromatic heterocycles. The molecule has 2 atom stereocenters. The maximum absolute atomic E-state index is 11.4. The molecule has 0 bridgehead atoms. The highest BCUT2D eigenvalue weighted by Gasteiger charge is 2.27. The molecule has 1 aliphatic rings. The topological polar surface area (TPSA) is 66.2 Å². The van der Waals surface area contributed by atoms with Gasteiger partial charge in [0.2, 0.25) is 0 Å². The van der Waals surface area contributed by atoms with Crippen molar-refractivity contribution in [1.29, 1.82) is 5.26 Å². The largest absolute Gasteiger partial charge is 0.469 e. The Balaban J connectivity index is 1.87. The van der Waals surface area contributed by atoms with Gasteiger partial charge in [-0.05, 0) is 36.0 Å². The average Bonchev–Trinajstić information content (AvgIpc) is 2.64. The number of carbonyl (C=O) groups excluding carboxylic acids is 1. The van der Waals surface area contributed by atoms with E-state index >= 15 is 0 Å². The van der Waals surface area contributed by atoms with Gasteiger partial charge >= 0.3 is 5.97 Å². The first-order valence-electron chi connectivity index (χ1n) is 8.69. The highest BCUT2D eigenvalue weighted by molar-refractivity contribution is 5.87. The van der Waals surface area contributed by atoms with Crippen molar-refractivity contribution in [3.8, 4) is 6.07 Å². The third-order valence-corrected chi connectivity index (χ3v) is 4.96. The van der Waals surface area contributed by atoms with Crippen LogP contribution in [0.3, 0.4) is 0 Å². The van der Waals surface area contributed by atoms with E-state index in [1.807, 2.05) is 12.1 Å². The lowest BCUT2D eigenvalue weighted by atomic mass is 9.83. The number of fused-ring (bicyclic) bond motifs is 1. The first-order chi connectivity index (χ1) is 12.1. The SMILES string of the molecule is COC(=O)CCN1CC(C)CC(c2ccc(C#N)c3ncccc23)C1. The Morgan fingerprint density at radius 1 is 1.40 bits per heavy atom. The van der Waals surface area contributed by atoms with Crippen LogP contribution in [0.4, 0.5) is 0 Å². The molecule has 2 heterocycles. The molecule has 0 N–H and O–H groups in total. The van der Waals surface area contributed by atoms with Gasteiger partial charge in [0.05, 0.1) is 24.6 Å². The molecule has 0 aliphatic carbocycles. The van der Waals surface area contributed by atoms with E-state index in [4.69, 9.17) is 4.74 Å². The number of pyridine rings is 1. The van der Waals surface area contributed by atoms with Gasteiger partial charge < -0.3 is 9.64 Å². The first kappa shape index (κ1) is 17.4. The van der Waals surface area contributed by atoms with Crippen LogP contribution in [0.2, 0.25) is 0 Å². The Hall–Kier alpha value is -2.45. The number of carbonyl (C=O) groups is 1. The lowest BCUT2D eigenvalue weighted by molar-refractivity contribution is -0.141. The summed E-state index contributed by atoms with van der Waals surface area (Å²) in [4.78, 5) is 18.2. The van der Waals surface area contributed by atoms with Crippen LogP contribution in [0.25, 0.3) is 10.9 Å². The number of hydrogen-bond acceptors (Lipinski definition) is 5. The lowest BCUT2D eigenvalue weighted by Crippen LogP contribution is -2.39. The Morgan fingerprint density at radius 3 is 3.00 bits per heavy atom. The summed E-state index contributed by atoms with van der Waals surface area (Å²) in [6.07, 6.45) is 3.26. The Morgan fingerprint density at radius 2 is 2.24 bits per heavy atom. The fourth-order valence-electron chi connectivity index (χ4n) is 3.86. The fraction of sp³-hybridized carbons (Fsp3) is 0.450. The second-order valence-corrected chi connectivity index (χ2v) is 6.84. The standard InChI is InChI=1S/C20H23N3O2/c1-14-10-16(13-23(12-14)9-7-19(24)25-2)17-6-5-15(11-21)20-18(17)4-3-8-22-20/h3-6,8,14,16H,7,9-10,12-13H2,1-2H3. The molecule has 130 valence electrons. The van der Waals surface area contributed by atoms with Crippen molar-refractivity contribution in [2.45, 2.75) is 25.7 Å². The summed E-state index contributed by atoms with van der Waals surface area (Å²) in [6.45, 7) is 4.89. The van der Waals surface area contributed by atoms with Gasteiger partial charge in [-0.3, -0.25) is 9.78 Å². The second-order valence-electron chi connectivity index (χ2n) is 6.84. The molecule has 1 aromatic carbocycles. The van der Waals surface area contributed by atoms with Crippen LogP contribution < -0.4 is 0 Å². The summed E-state index contributed by atoms with van der Waals surface area (Å²) in [5.41, 5.74) is 2.64. The molecule has 1 aliphatic heterocycles. The summed E-state index contributed by atoms with van der Waals surface area (Å²) in [6, 6.07) is 10.2. The number of methoxy groups -OCH3 is 1. The zero-order valence-corrected chi connectivity index (χ0v) is 14.7. The van der Waals surface area contributed by atoms with Crippen LogP contribution in [0.5, 0.6) is 0 Å². The summed E-state index contributed by atoms with van der Waals surface area (Å²) in [7, 11) is 1.43. The highest BCUT2D eigenvalue weighted by atomic mass is 16.5. The number of rotatable bonds is 4. The van der Waals surface area contributed by atoms with Crippen molar-refractivity contribution in [3.63, 3.8) is 0 Å². The number of piperidine rings is 1. The van der Waals surface area contributed by atoms with Gasteiger partial charge in [-0.15, -0.1) is 0 Å². The Kier molecular flexibility index (Phi) is 5.30. The van der Waals surface area contributed by atoms with Crippen LogP contribution in [-0.2, 0) is 9.53 Å². The average molecular weight is 337 g/mol. The molecule has 25 heavy (non-hydrogen) atoms. The van der Waals surface area contributed by atoms with E-state index in [1.54, 1.807) is 6.20 Å². The maximum Gasteiger partial charge on any atom is 0.306 e. The summed E-state index contributed by atoms with van der Waals surface area (Å²) >= 11 is 0. The molecule has 0 saturated carbocycles. The molecule has 0 radical (unpaired) electrons. The van der Waals surface area contributed by atoms with E-state index in [1.165, 1.54) is 12.7 Å². The van der Waals surface area contributed by atoms with Crippen LogP contribution in [-0.4, -0.2) is 42.6 Å². The predicted octanol–water partition coefficient (Wildman–Crippen LogP) is 3.09. The molecule has 5 nitrogen and oxygen atoms in total. The van der Waals surface area contributed by atoms with Gasteiger partial charge in [-0.2, -0.15) is 5.26 Å². The number of esters is 1. The van der Waals surface area contributed by atoms with Crippen molar-refractivity contribution in [2.75, 3.05) is 26.7 Å². The van der Waals surface area contributed by atoms with E-state index in [0.29, 0.717) is 23.8 Å². The number of nitrogens with zero attached hydrogens (tertiary/aromatic N) is 3. The molecule has 5 heteroatoms. The number of benzene rings is 1. The number of aromatic nitrogens is 1. The van der Waals surface area contributed by atoms with E-state index in [0.717, 1.165) is 37.0 Å². The van der Waals surface area contributed by atoms with Gasteiger partial charge in [-0.25, -0.2) is 0 Å². The number of hydrogen-bond donors (Lipinski definition) is 0. The van der Waals surface area contributed by atoms with Crippen molar-refractivity contribution in [2.24, 2.45) is 5.92 Å². The summed E-state index contributed by atoms with van der Waals surface area (Å²) in [5.74, 6) is 0.766. The molecule has 0 spiro atoms. The van der Waals surface area contributed by atoms with E-state index in [9.17, 15) is 10.1 Å². The number of nitriles is 1. The Bertz CT molecular complexity index is 812. The Labute approximate surface area is 148 Å². The molecular weight excluding hydrogens is 314 g/mol. The van der Waals surface area contributed by atoms with Crippen molar-refractivity contribution in [3.05, 3.63) is 41.6 Å². The third-order valence-electron chi connectivity index (χ3n) is 4.96. The highest BCUT2D eigenvalue weighted by Crippen LogP contribution is 2.34. The zero-order valence-electron chi connectivity index (χ0n) is 14.7. The van der Waals surface area contributed by atoms with Crippen molar-refractivity contribution in [1.82, 2.24) is 9.88 Å². The number of likely N-dealkylation sites (tertiary alicyclic amines) is 1. The maximum atomic E-state index is 11.4. The molecule has 3 rings (SSSR count). The van der Waals surface area contributed by atoms with Crippen molar-refractivity contribution >= 4 is 16.9 Å². The van der Waals surface area contributed by atoms with Crippen LogP contribution in [0.15, 0.2) is 30.5 Å². The normalized spacial score (nSPS) is 21.0. The predicted molar refractivity (Wildman–Crippen MR) is 96.1 cm³/mol. The molecule has 1 fully saturated rings. The zero-order chi connectivity index (χ0) is 17.8. The van der Waals surface area contributed by atoms with Gasteiger partial charge in [0, 0.05) is 31.2 Å². The van der Waals surface area contributed by atoms with Gasteiger partial charge in [-0.1, -0.05) is 19.1 Å². The summed E-state index contributed by atoms with van der Waals surface area (Å²) < 4.78 is 4.76. The second kappa shape index (κ2) is 7.62. The van der Waals surface area contributed by atoms with Gasteiger partial charge in [0.1, 0.15) is 6.07 Å². The van der Waals surface area contributed by atoms with E-state index in [-0.39, 0.29) is 5.97 Å². The smallest absolute Gasteiger partial charge is 0.306 e. The number of ether oxygens (including phenoxy) is 1. The van der Waals surface area contributed by atoms with Crippen LogP contribution >= 0.6 is 0 Å². The molecule has 2 aromatic rings. The quantitative estimate of drug-likeness (QED) is 0.802. The molecule has 0 amide bonds. The minimum Gasteiger partial charge on any atom is -0.469 e. The van der Waals surface area contributed by atoms with Gasteiger partial charge in [0.15, 0.2) is 0 Å². The van der Waals surface area contributed by atoms with Crippen LogP contribution in [0, 0.1) is 17.2 Å². The van der Waals surface area contributed by atoms with Crippen LogP contribution in [0.1, 0.15) is 36.8 Å². The summed E-state index contributed by atoms with van der Waals surface area (Å²) in [5, 5.41) is 10.4. The fourth-order valence-corrected chi connectivity index (χ4v) is 3.86. The van der Waals surface area contributed by atoms with E-state index in [2.05, 4.69) is 35.0 Å². The molecular formula is C20H23N3O2. The van der Waals surface area contributed by atoms with Gasteiger partial charge in [0.25, 0.3) is 0 Å². The first-order valence-corrected chi connectivity index (χ1v) is 8.69.